The van der Waals surface area contributed by atoms with E-state index in [1.165, 1.54) is 10.9 Å². The molecule has 0 radical (unpaired) electrons. The molecule has 0 fully saturated rings. The Morgan fingerprint density at radius 1 is 1.21 bits per heavy atom. The van der Waals surface area contributed by atoms with Gasteiger partial charge in [-0.1, -0.05) is 38.0 Å². The van der Waals surface area contributed by atoms with Gasteiger partial charge in [0.2, 0.25) is 0 Å². The van der Waals surface area contributed by atoms with Crippen molar-refractivity contribution in [1.29, 1.82) is 0 Å². The quantitative estimate of drug-likeness (QED) is 0.580. The Hall–Kier alpha value is -1.13. The molecule has 0 saturated heterocycles. The molecule has 0 saturated carbocycles. The number of hydrogen-bond donors (Lipinski definition) is 3. The van der Waals surface area contributed by atoms with Crippen LogP contribution in [0.4, 0.5) is 0 Å². The first-order valence-corrected chi connectivity index (χ1v) is 7.78. The molecule has 0 aliphatic carbocycles. The largest absolute Gasteiger partial charge is 0.469 e. The smallest absolute Gasteiger partial charge is 0.361 e. The predicted molar refractivity (Wildman–Crippen MR) is 75.8 cm³/mol. The van der Waals surface area contributed by atoms with E-state index in [9.17, 15) is 4.57 Å². The maximum atomic E-state index is 10.1. The molecular formula is C13H20NO4P. The lowest BCUT2D eigenvalue weighted by atomic mass is 10.3. The highest BCUT2D eigenvalue weighted by Gasteiger charge is 2.11. The van der Waals surface area contributed by atoms with Crippen LogP contribution < -0.4 is 0 Å². The number of para-hydroxylation sites is 1. The molecule has 3 N–H and O–H groups in total. The van der Waals surface area contributed by atoms with E-state index in [1.807, 2.05) is 25.3 Å². The number of phosphoric ester groups is 1. The van der Waals surface area contributed by atoms with E-state index in [0.29, 0.717) is 6.42 Å². The summed E-state index contributed by atoms with van der Waals surface area (Å²) in [6, 6.07) is 10.3. The van der Waals surface area contributed by atoms with Crippen LogP contribution in [0.5, 0.6) is 0 Å². The van der Waals surface area contributed by atoms with Gasteiger partial charge in [0.1, 0.15) is 0 Å². The average Bonchev–Trinajstić information content (AvgIpc) is 2.82. The van der Waals surface area contributed by atoms with Crippen molar-refractivity contribution in [1.82, 2.24) is 4.98 Å². The minimum Gasteiger partial charge on any atom is -0.361 e. The monoisotopic (exact) mass is 285 g/mol. The Balaban J connectivity index is 0.000000190. The van der Waals surface area contributed by atoms with Gasteiger partial charge in [-0.3, -0.25) is 4.52 Å². The third-order valence-corrected chi connectivity index (χ3v) is 2.99. The second-order valence-corrected chi connectivity index (χ2v) is 5.34. The summed E-state index contributed by atoms with van der Waals surface area (Å²) in [4.78, 5) is 19.5. The summed E-state index contributed by atoms with van der Waals surface area (Å²) in [5.41, 5.74) is 1.21. The lowest BCUT2D eigenvalue weighted by molar-refractivity contribution is 0.193. The second kappa shape index (κ2) is 8.12. The van der Waals surface area contributed by atoms with E-state index >= 15 is 0 Å². The summed E-state index contributed by atoms with van der Waals surface area (Å²) < 4.78 is 14.3. The number of rotatable bonds is 5. The Labute approximate surface area is 112 Å². The highest BCUT2D eigenvalue weighted by molar-refractivity contribution is 7.46. The second-order valence-electron chi connectivity index (χ2n) is 4.10. The van der Waals surface area contributed by atoms with Gasteiger partial charge in [-0.05, 0) is 23.9 Å². The van der Waals surface area contributed by atoms with Gasteiger partial charge in [0.15, 0.2) is 0 Å². The molecule has 0 unspecified atom stereocenters. The standard InChI is InChI=1S/C8H7N.C5H13O4P/c1-2-4-8-7(3-1)5-6-9-8;1-2-3-4-5-9-10(6,7)8/h1-6,9H;2-5H2,1H3,(H2,6,7,8). The van der Waals surface area contributed by atoms with Crippen LogP contribution in [-0.2, 0) is 9.09 Å². The number of unbranched alkanes of at least 4 members (excludes halogenated alkanes) is 2. The number of benzene rings is 1. The molecule has 0 atom stereocenters. The molecular weight excluding hydrogens is 265 g/mol. The van der Waals surface area contributed by atoms with Crippen LogP contribution in [0.2, 0.25) is 0 Å². The van der Waals surface area contributed by atoms with Crippen molar-refractivity contribution in [3.63, 3.8) is 0 Å². The first-order chi connectivity index (χ1) is 9.03. The van der Waals surface area contributed by atoms with E-state index in [4.69, 9.17) is 9.79 Å². The third kappa shape index (κ3) is 7.13. The first kappa shape index (κ1) is 15.9. The lowest BCUT2D eigenvalue weighted by Gasteiger charge is -2.02. The van der Waals surface area contributed by atoms with Crippen LogP contribution in [-0.4, -0.2) is 21.4 Å². The maximum Gasteiger partial charge on any atom is 0.469 e. The van der Waals surface area contributed by atoms with Crippen LogP contribution in [0.3, 0.4) is 0 Å². The number of aromatic nitrogens is 1. The van der Waals surface area contributed by atoms with Crippen molar-refractivity contribution in [3.05, 3.63) is 36.5 Å². The van der Waals surface area contributed by atoms with E-state index in [1.54, 1.807) is 0 Å². The summed E-state index contributed by atoms with van der Waals surface area (Å²) in [6.45, 7) is 2.16. The zero-order valence-corrected chi connectivity index (χ0v) is 11.8. The minimum absolute atomic E-state index is 0.151. The van der Waals surface area contributed by atoms with Gasteiger partial charge < -0.3 is 14.8 Å². The van der Waals surface area contributed by atoms with E-state index < -0.39 is 7.82 Å². The molecule has 5 nitrogen and oxygen atoms in total. The van der Waals surface area contributed by atoms with Crippen molar-refractivity contribution < 1.29 is 18.9 Å². The summed E-state index contributed by atoms with van der Waals surface area (Å²) in [5.74, 6) is 0. The molecule has 2 rings (SSSR count). The Kier molecular flexibility index (Phi) is 6.81. The maximum absolute atomic E-state index is 10.1. The SMILES string of the molecule is CCCCCOP(=O)(O)O.c1ccc2[nH]ccc2c1. The molecule has 0 aliphatic rings. The molecule has 1 heterocycles. The Morgan fingerprint density at radius 3 is 2.58 bits per heavy atom. The first-order valence-electron chi connectivity index (χ1n) is 6.25. The van der Waals surface area contributed by atoms with Crippen LogP contribution >= 0.6 is 7.82 Å². The van der Waals surface area contributed by atoms with Gasteiger partial charge in [-0.15, -0.1) is 0 Å². The van der Waals surface area contributed by atoms with Gasteiger partial charge in [0, 0.05) is 11.7 Å². The topological polar surface area (TPSA) is 82.6 Å². The average molecular weight is 285 g/mol. The van der Waals surface area contributed by atoms with Gasteiger partial charge in [-0.2, -0.15) is 0 Å². The van der Waals surface area contributed by atoms with Crippen molar-refractivity contribution >= 4 is 18.7 Å². The van der Waals surface area contributed by atoms with Crippen molar-refractivity contribution in [2.45, 2.75) is 26.2 Å². The number of nitrogens with one attached hydrogen (secondary N) is 1. The fraction of sp³-hybridized carbons (Fsp3) is 0.385. The third-order valence-electron chi connectivity index (χ3n) is 2.47. The number of fused-ring (bicyclic) bond motifs is 1. The Bertz CT molecular complexity index is 490. The van der Waals surface area contributed by atoms with Crippen molar-refractivity contribution in [2.24, 2.45) is 0 Å². The highest BCUT2D eigenvalue weighted by Crippen LogP contribution is 2.35. The van der Waals surface area contributed by atoms with Gasteiger partial charge >= 0.3 is 7.82 Å². The molecule has 0 amide bonds. The molecule has 19 heavy (non-hydrogen) atoms. The number of H-pyrrole nitrogens is 1. The summed E-state index contributed by atoms with van der Waals surface area (Å²) in [5, 5.41) is 1.28. The number of phosphoric acid groups is 1. The summed E-state index contributed by atoms with van der Waals surface area (Å²) in [6.07, 6.45) is 4.62. The number of aromatic amines is 1. The zero-order valence-electron chi connectivity index (χ0n) is 11.0. The van der Waals surface area contributed by atoms with Crippen LogP contribution in [0, 0.1) is 0 Å². The summed E-state index contributed by atoms with van der Waals surface area (Å²) >= 11 is 0. The fourth-order valence-corrected chi connectivity index (χ4v) is 1.90. The van der Waals surface area contributed by atoms with Crippen LogP contribution in [0.25, 0.3) is 10.9 Å². The van der Waals surface area contributed by atoms with Crippen molar-refractivity contribution in [3.8, 4) is 0 Å². The molecule has 0 bridgehead atoms. The highest BCUT2D eigenvalue weighted by atomic mass is 31.2. The van der Waals surface area contributed by atoms with Crippen LogP contribution in [0.15, 0.2) is 36.5 Å². The van der Waals surface area contributed by atoms with Crippen LogP contribution in [0.1, 0.15) is 26.2 Å². The van der Waals surface area contributed by atoms with Gasteiger partial charge in [0.05, 0.1) is 6.61 Å². The molecule has 1 aromatic heterocycles. The molecule has 0 spiro atoms. The molecule has 6 heteroatoms. The molecule has 0 aliphatic heterocycles. The minimum atomic E-state index is -4.21. The molecule has 2 aromatic rings. The molecule has 1 aromatic carbocycles. The summed E-state index contributed by atoms with van der Waals surface area (Å²) in [7, 11) is -4.21. The van der Waals surface area contributed by atoms with Gasteiger partial charge in [0.25, 0.3) is 0 Å². The fourth-order valence-electron chi connectivity index (χ4n) is 1.53. The van der Waals surface area contributed by atoms with E-state index in [2.05, 4.69) is 27.7 Å². The Morgan fingerprint density at radius 2 is 1.95 bits per heavy atom. The van der Waals surface area contributed by atoms with E-state index in [-0.39, 0.29) is 6.61 Å². The van der Waals surface area contributed by atoms with E-state index in [0.717, 1.165) is 12.8 Å². The van der Waals surface area contributed by atoms with Gasteiger partial charge in [-0.25, -0.2) is 4.57 Å². The normalized spacial score (nSPS) is 11.1. The lowest BCUT2D eigenvalue weighted by Crippen LogP contribution is -1.91. The zero-order chi connectivity index (χ0) is 14.1. The van der Waals surface area contributed by atoms with Crippen molar-refractivity contribution in [2.75, 3.05) is 6.61 Å². The number of hydrogen-bond acceptors (Lipinski definition) is 2. The predicted octanol–water partition coefficient (Wildman–Crippen LogP) is 3.45. The molecule has 106 valence electrons.